The van der Waals surface area contributed by atoms with Gasteiger partial charge in [0.15, 0.2) is 18.5 Å². The zero-order valence-electron chi connectivity index (χ0n) is 29.9. The van der Waals surface area contributed by atoms with Gasteiger partial charge in [-0.15, -0.1) is 0 Å². The van der Waals surface area contributed by atoms with E-state index < -0.39 is 80.6 Å². The average Bonchev–Trinajstić information content (AvgIpc) is 3.06. The standard InChI is InChI=1S/C36H66O12/c1-4-6-8-10-12-14-16-18-20-22-31(41)47-34-33(43)30(26-44-27(3)38)46-36(45-25-29(40)28(39)24-37)35(34)48-32(42)23-21-19-17-15-13-11-9-7-5-2/h28-30,33-37,39-40,43H,4-26H2,1-3H3/t28-,29+,30-,33-,34+,35+,36-/m1/s1. The van der Waals surface area contributed by atoms with Crippen LogP contribution in [-0.4, -0.2) is 101 Å². The van der Waals surface area contributed by atoms with Crippen molar-refractivity contribution < 1.29 is 58.5 Å². The molecule has 4 N–H and O–H groups in total. The molecular formula is C36H66O12. The summed E-state index contributed by atoms with van der Waals surface area (Å²) < 4.78 is 28.0. The zero-order valence-corrected chi connectivity index (χ0v) is 29.9. The van der Waals surface area contributed by atoms with Crippen LogP contribution < -0.4 is 0 Å². The Kier molecular flexibility index (Phi) is 25.7. The minimum atomic E-state index is -1.53. The van der Waals surface area contributed by atoms with Crippen molar-refractivity contribution in [1.82, 2.24) is 0 Å². The number of unbranched alkanes of at least 4 members (excludes halogenated alkanes) is 16. The van der Waals surface area contributed by atoms with Crippen molar-refractivity contribution in [2.75, 3.05) is 19.8 Å². The molecule has 48 heavy (non-hydrogen) atoms. The second-order valence-corrected chi connectivity index (χ2v) is 13.1. The summed E-state index contributed by atoms with van der Waals surface area (Å²) in [5.41, 5.74) is 0. The Balaban J connectivity index is 2.89. The summed E-state index contributed by atoms with van der Waals surface area (Å²) in [4.78, 5) is 37.5. The van der Waals surface area contributed by atoms with Crippen LogP contribution in [-0.2, 0) is 38.1 Å². The molecule has 0 aromatic heterocycles. The molecular weight excluding hydrogens is 624 g/mol. The van der Waals surface area contributed by atoms with E-state index in [0.717, 1.165) is 44.9 Å². The van der Waals surface area contributed by atoms with Gasteiger partial charge in [-0.3, -0.25) is 14.4 Å². The molecule has 0 saturated carbocycles. The molecule has 12 nitrogen and oxygen atoms in total. The van der Waals surface area contributed by atoms with Gasteiger partial charge in [0.2, 0.25) is 0 Å². The topological polar surface area (TPSA) is 178 Å². The second kappa shape index (κ2) is 27.9. The first kappa shape index (κ1) is 44.2. The number of aliphatic hydroxyl groups excluding tert-OH is 4. The Labute approximate surface area is 288 Å². The first-order chi connectivity index (χ1) is 23.1. The van der Waals surface area contributed by atoms with Gasteiger partial charge >= 0.3 is 17.9 Å². The predicted molar refractivity (Wildman–Crippen MR) is 180 cm³/mol. The van der Waals surface area contributed by atoms with Crippen molar-refractivity contribution in [3.8, 4) is 0 Å². The fraction of sp³-hybridized carbons (Fsp3) is 0.917. The Morgan fingerprint density at radius 2 is 1.10 bits per heavy atom. The normalized spacial score (nSPS) is 22.2. The highest BCUT2D eigenvalue weighted by atomic mass is 16.7. The van der Waals surface area contributed by atoms with Crippen LogP contribution in [0, 0.1) is 0 Å². The maximum atomic E-state index is 13.0. The molecule has 1 fully saturated rings. The van der Waals surface area contributed by atoms with Gasteiger partial charge in [-0.05, 0) is 12.8 Å². The lowest BCUT2D eigenvalue weighted by molar-refractivity contribution is -0.311. The van der Waals surface area contributed by atoms with Gasteiger partial charge in [0.05, 0.1) is 13.2 Å². The third kappa shape index (κ3) is 20.0. The number of aliphatic hydroxyl groups is 4. The Bertz CT molecular complexity index is 840. The quantitative estimate of drug-likeness (QED) is 0.0468. The van der Waals surface area contributed by atoms with E-state index in [1.54, 1.807) is 0 Å². The minimum Gasteiger partial charge on any atom is -0.463 e. The summed E-state index contributed by atoms with van der Waals surface area (Å²) in [7, 11) is 0. The SMILES string of the molecule is CCCCCCCCCCCC(=O)O[C@@H]1[C@H](OC[C@H](O)[C@H](O)CO)O[C@H](COC(C)=O)[C@@H](O)[C@@H]1OC(=O)CCCCCCCCCCC. The number of esters is 3. The first-order valence-electron chi connectivity index (χ1n) is 18.6. The lowest BCUT2D eigenvalue weighted by Crippen LogP contribution is -2.62. The lowest BCUT2D eigenvalue weighted by atomic mass is 9.98. The van der Waals surface area contributed by atoms with Crippen LogP contribution in [0.4, 0.5) is 0 Å². The molecule has 1 rings (SSSR count). The maximum absolute atomic E-state index is 13.0. The molecule has 7 atom stereocenters. The minimum absolute atomic E-state index is 0.0942. The number of carbonyl (C=O) groups is 3. The van der Waals surface area contributed by atoms with Crippen LogP contribution in [0.3, 0.4) is 0 Å². The Morgan fingerprint density at radius 3 is 1.54 bits per heavy atom. The Hall–Kier alpha value is -1.83. The highest BCUT2D eigenvalue weighted by Crippen LogP contribution is 2.29. The van der Waals surface area contributed by atoms with Crippen molar-refractivity contribution >= 4 is 17.9 Å². The van der Waals surface area contributed by atoms with E-state index in [1.165, 1.54) is 64.7 Å². The van der Waals surface area contributed by atoms with E-state index in [-0.39, 0.29) is 12.8 Å². The first-order valence-corrected chi connectivity index (χ1v) is 18.6. The molecule has 0 radical (unpaired) electrons. The molecule has 282 valence electrons. The molecule has 0 unspecified atom stereocenters. The summed E-state index contributed by atoms with van der Waals surface area (Å²) in [6, 6.07) is 0. The van der Waals surface area contributed by atoms with E-state index in [9.17, 15) is 34.8 Å². The number of carbonyl (C=O) groups excluding carboxylic acids is 3. The van der Waals surface area contributed by atoms with E-state index in [4.69, 9.17) is 23.7 Å². The van der Waals surface area contributed by atoms with Crippen LogP contribution >= 0.6 is 0 Å². The highest BCUT2D eigenvalue weighted by molar-refractivity contribution is 5.71. The third-order valence-corrected chi connectivity index (χ3v) is 8.64. The van der Waals surface area contributed by atoms with Crippen molar-refractivity contribution in [3.05, 3.63) is 0 Å². The summed E-state index contributed by atoms with van der Waals surface area (Å²) in [6.45, 7) is 3.91. The van der Waals surface area contributed by atoms with Crippen molar-refractivity contribution in [3.63, 3.8) is 0 Å². The summed E-state index contributed by atoms with van der Waals surface area (Å²) in [6.07, 6.45) is 9.37. The molecule has 0 spiro atoms. The van der Waals surface area contributed by atoms with Gasteiger partial charge in [-0.1, -0.05) is 117 Å². The van der Waals surface area contributed by atoms with Crippen molar-refractivity contribution in [2.45, 2.75) is 192 Å². The summed E-state index contributed by atoms with van der Waals surface area (Å²) in [5.74, 6) is -1.82. The largest absolute Gasteiger partial charge is 0.463 e. The second-order valence-electron chi connectivity index (χ2n) is 13.1. The van der Waals surface area contributed by atoms with E-state index in [1.807, 2.05) is 0 Å². The van der Waals surface area contributed by atoms with Gasteiger partial charge in [0.25, 0.3) is 0 Å². The van der Waals surface area contributed by atoms with Crippen molar-refractivity contribution in [2.24, 2.45) is 0 Å². The van der Waals surface area contributed by atoms with Gasteiger partial charge in [-0.25, -0.2) is 0 Å². The van der Waals surface area contributed by atoms with Gasteiger partial charge in [-0.2, -0.15) is 0 Å². The van der Waals surface area contributed by atoms with Crippen LogP contribution in [0.25, 0.3) is 0 Å². The smallest absolute Gasteiger partial charge is 0.306 e. The van der Waals surface area contributed by atoms with E-state index >= 15 is 0 Å². The molecule has 1 saturated heterocycles. The zero-order chi connectivity index (χ0) is 35.6. The molecule has 0 bridgehead atoms. The van der Waals surface area contributed by atoms with Crippen LogP contribution in [0.1, 0.15) is 149 Å². The number of rotatable bonds is 29. The molecule has 0 aromatic rings. The molecule has 1 aliphatic heterocycles. The van der Waals surface area contributed by atoms with Gasteiger partial charge < -0.3 is 44.1 Å². The highest BCUT2D eigenvalue weighted by Gasteiger charge is 2.51. The van der Waals surface area contributed by atoms with Gasteiger partial charge in [0, 0.05) is 19.8 Å². The molecule has 0 amide bonds. The monoisotopic (exact) mass is 690 g/mol. The molecule has 1 aliphatic rings. The van der Waals surface area contributed by atoms with E-state index in [0.29, 0.717) is 12.8 Å². The number of ether oxygens (including phenoxy) is 5. The maximum Gasteiger partial charge on any atom is 0.306 e. The number of hydrogen-bond acceptors (Lipinski definition) is 12. The third-order valence-electron chi connectivity index (χ3n) is 8.64. The van der Waals surface area contributed by atoms with Crippen molar-refractivity contribution in [1.29, 1.82) is 0 Å². The summed E-state index contributed by atoms with van der Waals surface area (Å²) >= 11 is 0. The van der Waals surface area contributed by atoms with Crippen LogP contribution in [0.2, 0.25) is 0 Å². The molecule has 0 aliphatic carbocycles. The fourth-order valence-electron chi connectivity index (χ4n) is 5.63. The lowest BCUT2D eigenvalue weighted by Gasteiger charge is -2.43. The predicted octanol–water partition coefficient (Wildman–Crippen LogP) is 5.03. The van der Waals surface area contributed by atoms with Gasteiger partial charge in [0.1, 0.15) is 31.0 Å². The number of hydrogen-bond donors (Lipinski definition) is 4. The average molecular weight is 691 g/mol. The van der Waals surface area contributed by atoms with Crippen LogP contribution in [0.15, 0.2) is 0 Å². The van der Waals surface area contributed by atoms with E-state index in [2.05, 4.69) is 13.8 Å². The fourth-order valence-corrected chi connectivity index (χ4v) is 5.63. The molecule has 1 heterocycles. The molecule has 12 heteroatoms. The molecule has 0 aromatic carbocycles. The van der Waals surface area contributed by atoms with Crippen LogP contribution in [0.5, 0.6) is 0 Å². The summed E-state index contributed by atoms with van der Waals surface area (Å²) in [5, 5.41) is 40.4. The Morgan fingerprint density at radius 1 is 0.667 bits per heavy atom.